The first-order valence-corrected chi connectivity index (χ1v) is 3.87. The van der Waals surface area contributed by atoms with Gasteiger partial charge in [0.15, 0.2) is 0 Å². The van der Waals surface area contributed by atoms with Crippen LogP contribution in [0.4, 0.5) is 0 Å². The minimum atomic E-state index is 0.0904. The maximum Gasteiger partial charge on any atom is 0.108 e. The zero-order valence-corrected chi connectivity index (χ0v) is 6.49. The zero-order chi connectivity index (χ0) is 8.39. The first kappa shape index (κ1) is 7.04. The maximum atomic E-state index is 8.70. The second-order valence-electron chi connectivity index (χ2n) is 2.82. The summed E-state index contributed by atoms with van der Waals surface area (Å²) in [5.74, 6) is 0.0904. The Morgan fingerprint density at radius 2 is 2.33 bits per heavy atom. The fourth-order valence-electron chi connectivity index (χ4n) is 1.26. The van der Waals surface area contributed by atoms with Gasteiger partial charge in [-0.05, 0) is 12.8 Å². The number of nitriles is 1. The van der Waals surface area contributed by atoms with Crippen molar-refractivity contribution in [2.75, 3.05) is 0 Å². The Hall–Kier alpha value is -1.63. The van der Waals surface area contributed by atoms with Gasteiger partial charge in [0.05, 0.1) is 17.3 Å². The second-order valence-corrected chi connectivity index (χ2v) is 2.82. The monoisotopic (exact) mass is 160 g/mol. The molecular weight excluding hydrogens is 152 g/mol. The van der Waals surface area contributed by atoms with E-state index in [-0.39, 0.29) is 5.92 Å². The van der Waals surface area contributed by atoms with Crippen molar-refractivity contribution in [3.8, 4) is 6.07 Å². The van der Waals surface area contributed by atoms with Gasteiger partial charge < -0.3 is 0 Å². The van der Waals surface area contributed by atoms with Gasteiger partial charge in [0, 0.05) is 0 Å². The summed E-state index contributed by atoms with van der Waals surface area (Å²) in [5, 5.41) is 20.8. The number of aromatic amines is 1. The van der Waals surface area contributed by atoms with E-state index >= 15 is 0 Å². The number of nitrogens with one attached hydrogen (secondary N) is 1. The van der Waals surface area contributed by atoms with Crippen molar-refractivity contribution in [3.63, 3.8) is 0 Å². The van der Waals surface area contributed by atoms with Crippen molar-refractivity contribution in [1.29, 1.82) is 5.26 Å². The van der Waals surface area contributed by atoms with Crippen molar-refractivity contribution in [1.82, 2.24) is 15.4 Å². The van der Waals surface area contributed by atoms with Gasteiger partial charge in [-0.25, -0.2) is 0 Å². The first-order chi connectivity index (χ1) is 5.90. The molecule has 1 aromatic heterocycles. The molecular formula is C8H8N4. The summed E-state index contributed by atoms with van der Waals surface area (Å²) in [4.78, 5) is 0. The highest BCUT2D eigenvalue weighted by Gasteiger charge is 2.06. The van der Waals surface area contributed by atoms with Crippen molar-refractivity contribution in [2.45, 2.75) is 12.8 Å². The van der Waals surface area contributed by atoms with Gasteiger partial charge in [0.2, 0.25) is 0 Å². The molecule has 0 amide bonds. The summed E-state index contributed by atoms with van der Waals surface area (Å²) in [5.41, 5.74) is 0. The van der Waals surface area contributed by atoms with E-state index in [1.165, 1.54) is 0 Å². The normalized spacial score (nSPS) is 16.6. The van der Waals surface area contributed by atoms with E-state index < -0.39 is 0 Å². The minimum absolute atomic E-state index is 0.0904. The van der Waals surface area contributed by atoms with Crippen molar-refractivity contribution >= 4 is 12.2 Å². The van der Waals surface area contributed by atoms with Gasteiger partial charge in [-0.3, -0.25) is 5.10 Å². The third-order valence-electron chi connectivity index (χ3n) is 1.99. The maximum absolute atomic E-state index is 8.70. The molecule has 0 unspecified atom stereocenters. The molecule has 0 bridgehead atoms. The standard InChI is InChI=1S/C8H8N4/c9-5-6-1-3-7-8(4-2-6)11-12-10-7/h3-4,6H,1-2H2,(H,10,11). The topological polar surface area (TPSA) is 65.4 Å². The molecule has 1 aliphatic rings. The van der Waals surface area contributed by atoms with Crippen LogP contribution >= 0.6 is 0 Å². The molecule has 1 aromatic rings. The zero-order valence-electron chi connectivity index (χ0n) is 6.49. The molecule has 12 heavy (non-hydrogen) atoms. The van der Waals surface area contributed by atoms with Gasteiger partial charge in [0.25, 0.3) is 0 Å². The summed E-state index contributed by atoms with van der Waals surface area (Å²) in [6, 6.07) is 2.24. The number of aromatic nitrogens is 3. The number of hydrogen-bond acceptors (Lipinski definition) is 3. The molecule has 2 rings (SSSR count). The summed E-state index contributed by atoms with van der Waals surface area (Å²) in [7, 11) is 0. The highest BCUT2D eigenvalue weighted by Crippen LogP contribution is 2.09. The van der Waals surface area contributed by atoms with E-state index in [4.69, 9.17) is 5.26 Å². The highest BCUT2D eigenvalue weighted by atomic mass is 15.3. The molecule has 60 valence electrons. The average molecular weight is 160 g/mol. The number of rotatable bonds is 0. The summed E-state index contributed by atoms with van der Waals surface area (Å²) in [6.45, 7) is 0. The van der Waals surface area contributed by atoms with Gasteiger partial charge in [-0.2, -0.15) is 5.26 Å². The highest BCUT2D eigenvalue weighted by molar-refractivity contribution is 5.31. The Kier molecular flexibility index (Phi) is 1.63. The molecule has 0 saturated heterocycles. The fraction of sp³-hybridized carbons (Fsp3) is 0.375. The SMILES string of the molecule is N#C[C@@H]1CC=c2nn[nH]c2=CC1. The number of hydrogen-bond donors (Lipinski definition) is 1. The van der Waals surface area contributed by atoms with E-state index in [1.54, 1.807) is 0 Å². The second kappa shape index (κ2) is 2.78. The molecule has 4 heteroatoms. The van der Waals surface area contributed by atoms with E-state index in [9.17, 15) is 0 Å². The van der Waals surface area contributed by atoms with Crippen molar-refractivity contribution in [2.24, 2.45) is 5.92 Å². The lowest BCUT2D eigenvalue weighted by Gasteiger charge is -1.96. The molecule has 4 nitrogen and oxygen atoms in total. The number of nitrogens with zero attached hydrogens (tertiary/aromatic N) is 3. The third kappa shape index (κ3) is 1.10. The number of fused-ring (bicyclic) bond motifs is 1. The van der Waals surface area contributed by atoms with Crippen LogP contribution in [0.5, 0.6) is 0 Å². The quantitative estimate of drug-likeness (QED) is 0.545. The molecule has 0 aliphatic heterocycles. The fourth-order valence-corrected chi connectivity index (χ4v) is 1.26. The summed E-state index contributed by atoms with van der Waals surface area (Å²) >= 11 is 0. The van der Waals surface area contributed by atoms with Gasteiger partial charge >= 0.3 is 0 Å². The Morgan fingerprint density at radius 1 is 1.50 bits per heavy atom. The lowest BCUT2D eigenvalue weighted by molar-refractivity contribution is 0.727. The Bertz CT molecular complexity index is 390. The summed E-state index contributed by atoms with van der Waals surface area (Å²) < 4.78 is 0. The summed E-state index contributed by atoms with van der Waals surface area (Å²) in [6.07, 6.45) is 5.49. The largest absolute Gasteiger partial charge is 0.258 e. The smallest absolute Gasteiger partial charge is 0.108 e. The first-order valence-electron chi connectivity index (χ1n) is 3.87. The van der Waals surface area contributed by atoms with E-state index in [2.05, 4.69) is 21.5 Å². The van der Waals surface area contributed by atoms with Crippen LogP contribution in [-0.4, -0.2) is 15.4 Å². The van der Waals surface area contributed by atoms with E-state index in [0.29, 0.717) is 0 Å². The van der Waals surface area contributed by atoms with Crippen molar-refractivity contribution < 1.29 is 0 Å². The molecule has 1 N–H and O–H groups in total. The predicted octanol–water partition coefficient (Wildman–Crippen LogP) is -0.701. The van der Waals surface area contributed by atoms with Crippen LogP contribution in [0.1, 0.15) is 12.8 Å². The Morgan fingerprint density at radius 3 is 3.17 bits per heavy atom. The van der Waals surface area contributed by atoms with Crippen LogP contribution < -0.4 is 10.7 Å². The Labute approximate surface area is 69.2 Å². The lowest BCUT2D eigenvalue weighted by atomic mass is 10.0. The Balaban J connectivity index is 2.49. The predicted molar refractivity (Wildman–Crippen MR) is 42.9 cm³/mol. The van der Waals surface area contributed by atoms with E-state index in [0.717, 1.165) is 23.5 Å². The number of H-pyrrole nitrogens is 1. The lowest BCUT2D eigenvalue weighted by Crippen LogP contribution is -2.23. The van der Waals surface area contributed by atoms with Crippen LogP contribution in [-0.2, 0) is 0 Å². The molecule has 1 aliphatic carbocycles. The van der Waals surface area contributed by atoms with Crippen LogP contribution in [0.25, 0.3) is 12.2 Å². The average Bonchev–Trinajstić information content (AvgIpc) is 2.46. The van der Waals surface area contributed by atoms with Gasteiger partial charge in [-0.1, -0.05) is 17.4 Å². The van der Waals surface area contributed by atoms with Crippen LogP contribution in [0.3, 0.4) is 0 Å². The van der Waals surface area contributed by atoms with Crippen LogP contribution in [0, 0.1) is 17.2 Å². The van der Waals surface area contributed by atoms with Crippen LogP contribution in [0.15, 0.2) is 0 Å². The molecule has 0 radical (unpaired) electrons. The molecule has 0 spiro atoms. The third-order valence-corrected chi connectivity index (χ3v) is 1.99. The van der Waals surface area contributed by atoms with Gasteiger partial charge in [-0.15, -0.1) is 5.10 Å². The molecule has 1 atom stereocenters. The minimum Gasteiger partial charge on any atom is -0.258 e. The molecule has 0 saturated carbocycles. The molecule has 1 heterocycles. The molecule has 0 aromatic carbocycles. The van der Waals surface area contributed by atoms with Crippen LogP contribution in [0.2, 0.25) is 0 Å². The van der Waals surface area contributed by atoms with E-state index in [1.807, 2.05) is 12.2 Å². The van der Waals surface area contributed by atoms with Gasteiger partial charge in [0.1, 0.15) is 5.35 Å². The van der Waals surface area contributed by atoms with Crippen molar-refractivity contribution in [3.05, 3.63) is 10.7 Å². The molecule has 0 fully saturated rings.